The highest BCUT2D eigenvalue weighted by molar-refractivity contribution is 5.93. The van der Waals surface area contributed by atoms with Gasteiger partial charge in [-0.1, -0.05) is 13.8 Å². The molecule has 0 aromatic carbocycles. The van der Waals surface area contributed by atoms with Crippen molar-refractivity contribution < 1.29 is 47.3 Å². The van der Waals surface area contributed by atoms with Gasteiger partial charge in [0.1, 0.15) is 18.3 Å². The van der Waals surface area contributed by atoms with Crippen molar-refractivity contribution in [2.24, 2.45) is 28.1 Å². The molecule has 0 radical (unpaired) electrons. The third kappa shape index (κ3) is 2.48. The van der Waals surface area contributed by atoms with Crippen molar-refractivity contribution in [3.63, 3.8) is 0 Å². The number of ketones is 1. The first-order valence-corrected chi connectivity index (χ1v) is 13.3. The molecule has 7 rings (SSSR count). The smallest absolute Gasteiger partial charge is 0.339 e. The molecule has 2 spiro atoms. The summed E-state index contributed by atoms with van der Waals surface area (Å²) in [5.41, 5.74) is -4.10. The summed E-state index contributed by atoms with van der Waals surface area (Å²) >= 11 is 0. The maximum atomic E-state index is 14.6. The Morgan fingerprint density at radius 3 is 2.53 bits per heavy atom. The Hall–Kier alpha value is -2.72. The van der Waals surface area contributed by atoms with Crippen LogP contribution >= 0.6 is 0 Å². The van der Waals surface area contributed by atoms with Crippen LogP contribution in [0.15, 0.2) is 23.0 Å². The number of Topliss-reactive ketones (excluding diaryl/α,β-unsaturated/α-hetero) is 1. The third-order valence-electron chi connectivity index (χ3n) is 10.9. The van der Waals surface area contributed by atoms with Crippen LogP contribution in [-0.2, 0) is 42.9 Å². The minimum atomic E-state index is -1.18. The monoisotopic (exact) mass is 528 g/mol. The summed E-state index contributed by atoms with van der Waals surface area (Å²) < 4.78 is 35.8. The van der Waals surface area contributed by atoms with Crippen LogP contribution in [0, 0.1) is 28.1 Å². The summed E-state index contributed by atoms with van der Waals surface area (Å²) in [5.74, 6) is -2.73. The number of esters is 3. The molecule has 204 valence electrons. The Morgan fingerprint density at radius 2 is 1.84 bits per heavy atom. The first-order chi connectivity index (χ1) is 17.8. The summed E-state index contributed by atoms with van der Waals surface area (Å²) in [6.45, 7) is 8.94. The number of hydrogen-bond donors (Lipinski definition) is 0. The van der Waals surface area contributed by atoms with Gasteiger partial charge in [0.05, 0.1) is 36.6 Å². The van der Waals surface area contributed by atoms with E-state index in [2.05, 4.69) is 0 Å². The molecular formula is C28H32O10. The molecule has 4 aliphatic heterocycles. The second-order valence-electron chi connectivity index (χ2n) is 12.9. The molecule has 1 aromatic heterocycles. The molecule has 2 saturated carbocycles. The van der Waals surface area contributed by atoms with E-state index in [0.29, 0.717) is 18.4 Å². The highest BCUT2D eigenvalue weighted by Gasteiger charge is 2.91. The van der Waals surface area contributed by atoms with Gasteiger partial charge in [-0.15, -0.1) is 0 Å². The summed E-state index contributed by atoms with van der Waals surface area (Å²) in [7, 11) is 0. The van der Waals surface area contributed by atoms with E-state index in [0.717, 1.165) is 0 Å². The lowest BCUT2D eigenvalue weighted by Crippen LogP contribution is -2.76. The summed E-state index contributed by atoms with van der Waals surface area (Å²) in [4.78, 5) is 52.9. The standard InChI is InChI=1S/C28H32O10/c1-13(29)35-21-18(31)19-24(2,3)37-16-10-17(30)34-12-27(16,19)15-6-8-25(4)20(14-7-9-33-11-14)36-23(32)22-28(25,38-22)26(15,21)5/h7,9,11,15-16,19-22H,6,8,10,12H2,1-5H3/t15-,16-,19+,20-,21-,22+,25-,26-,27-,28+/m0/s1. The maximum Gasteiger partial charge on any atom is 0.339 e. The molecule has 0 N–H and O–H groups in total. The van der Waals surface area contributed by atoms with Crippen molar-refractivity contribution in [1.29, 1.82) is 0 Å². The van der Waals surface area contributed by atoms with Gasteiger partial charge in [-0.25, -0.2) is 4.79 Å². The summed E-state index contributed by atoms with van der Waals surface area (Å²) in [5, 5.41) is 0. The minimum absolute atomic E-state index is 0.0243. The van der Waals surface area contributed by atoms with Gasteiger partial charge in [0.15, 0.2) is 18.0 Å². The number of carbonyl (C=O) groups excluding carboxylic acids is 4. The van der Waals surface area contributed by atoms with E-state index in [1.807, 2.05) is 27.7 Å². The molecule has 0 amide bonds. The predicted molar refractivity (Wildman–Crippen MR) is 125 cm³/mol. The van der Waals surface area contributed by atoms with Crippen molar-refractivity contribution in [2.75, 3.05) is 6.61 Å². The second kappa shape index (κ2) is 7.07. The van der Waals surface area contributed by atoms with Gasteiger partial charge in [0.25, 0.3) is 0 Å². The summed E-state index contributed by atoms with van der Waals surface area (Å²) in [6, 6.07) is 1.77. The van der Waals surface area contributed by atoms with E-state index in [4.69, 9.17) is 28.1 Å². The van der Waals surface area contributed by atoms with Gasteiger partial charge >= 0.3 is 17.9 Å². The molecule has 0 unspecified atom stereocenters. The topological polar surface area (TPSA) is 131 Å². The normalized spacial score (nSPS) is 49.9. The van der Waals surface area contributed by atoms with Crippen LogP contribution in [0.1, 0.15) is 65.5 Å². The SMILES string of the molecule is CC(=O)O[C@H]1C(=O)[C@@H]2C(C)(C)O[C@H]3CC(=O)OC[C@]32[C@H]2CC[C@@]3(C)[C@H](c4ccoc4)OC(=O)[C@H]4O[C@]43[C@@]21C. The van der Waals surface area contributed by atoms with E-state index < -0.39 is 69.7 Å². The number of ether oxygens (including phenoxy) is 5. The molecule has 10 atom stereocenters. The van der Waals surface area contributed by atoms with Crippen LogP contribution in [-0.4, -0.2) is 59.8 Å². The first kappa shape index (κ1) is 24.3. The Bertz CT molecular complexity index is 1270. The molecule has 2 aliphatic carbocycles. The Morgan fingerprint density at radius 1 is 1.08 bits per heavy atom. The number of epoxide rings is 1. The van der Waals surface area contributed by atoms with E-state index >= 15 is 0 Å². The van der Waals surface area contributed by atoms with Crippen LogP contribution in [0.25, 0.3) is 0 Å². The third-order valence-corrected chi connectivity index (χ3v) is 10.9. The van der Waals surface area contributed by atoms with Gasteiger partial charge in [-0.3, -0.25) is 14.4 Å². The predicted octanol–water partition coefficient (Wildman–Crippen LogP) is 2.68. The number of furan rings is 1. The van der Waals surface area contributed by atoms with E-state index in [1.54, 1.807) is 12.3 Å². The lowest BCUT2D eigenvalue weighted by molar-refractivity contribution is -0.255. The lowest BCUT2D eigenvalue weighted by Gasteiger charge is -2.66. The highest BCUT2D eigenvalue weighted by atomic mass is 16.7. The van der Waals surface area contributed by atoms with Crippen molar-refractivity contribution in [3.8, 4) is 0 Å². The zero-order valence-corrected chi connectivity index (χ0v) is 22.1. The van der Waals surface area contributed by atoms with Crippen molar-refractivity contribution in [2.45, 2.75) is 89.5 Å². The van der Waals surface area contributed by atoms with E-state index in [9.17, 15) is 19.2 Å². The fraction of sp³-hybridized carbons (Fsp3) is 0.714. The zero-order chi connectivity index (χ0) is 27.0. The average Bonchev–Trinajstić information content (AvgIpc) is 3.30. The first-order valence-electron chi connectivity index (χ1n) is 13.3. The van der Waals surface area contributed by atoms with Crippen molar-refractivity contribution in [1.82, 2.24) is 0 Å². The largest absolute Gasteiger partial charge is 0.472 e. The Balaban J connectivity index is 1.46. The summed E-state index contributed by atoms with van der Waals surface area (Å²) in [6.07, 6.45) is 1.01. The molecule has 1 aromatic rings. The molecule has 10 heteroatoms. The van der Waals surface area contributed by atoms with Gasteiger partial charge in [-0.05, 0) is 38.7 Å². The van der Waals surface area contributed by atoms with Crippen molar-refractivity contribution in [3.05, 3.63) is 24.2 Å². The van der Waals surface area contributed by atoms with Crippen LogP contribution in [0.5, 0.6) is 0 Å². The molecule has 10 nitrogen and oxygen atoms in total. The number of hydrogen-bond acceptors (Lipinski definition) is 10. The zero-order valence-electron chi connectivity index (χ0n) is 22.1. The van der Waals surface area contributed by atoms with Crippen LogP contribution in [0.4, 0.5) is 0 Å². The molecule has 38 heavy (non-hydrogen) atoms. The van der Waals surface area contributed by atoms with Crippen LogP contribution in [0.2, 0.25) is 0 Å². The minimum Gasteiger partial charge on any atom is -0.472 e. The van der Waals surface area contributed by atoms with E-state index in [-0.39, 0.29) is 30.7 Å². The highest BCUT2D eigenvalue weighted by Crippen LogP contribution is 2.80. The Kier molecular flexibility index (Phi) is 4.53. The second-order valence-corrected chi connectivity index (χ2v) is 12.9. The van der Waals surface area contributed by atoms with Gasteiger partial charge in [0.2, 0.25) is 0 Å². The number of cyclic esters (lactones) is 2. The number of rotatable bonds is 2. The fourth-order valence-corrected chi connectivity index (χ4v) is 9.84. The number of carbonyl (C=O) groups is 4. The Labute approximate surface area is 219 Å². The average molecular weight is 529 g/mol. The van der Waals surface area contributed by atoms with Crippen molar-refractivity contribution >= 4 is 23.7 Å². The molecule has 5 heterocycles. The molecule has 0 bridgehead atoms. The fourth-order valence-electron chi connectivity index (χ4n) is 9.84. The number of fused-ring (bicyclic) bond motifs is 1. The van der Waals surface area contributed by atoms with E-state index in [1.165, 1.54) is 13.2 Å². The lowest BCUT2D eigenvalue weighted by atomic mass is 9.36. The maximum absolute atomic E-state index is 14.6. The van der Waals surface area contributed by atoms with Gasteiger partial charge in [-0.2, -0.15) is 0 Å². The molecular weight excluding hydrogens is 496 g/mol. The van der Waals surface area contributed by atoms with Crippen LogP contribution < -0.4 is 0 Å². The molecule has 6 aliphatic rings. The van der Waals surface area contributed by atoms with Crippen LogP contribution in [0.3, 0.4) is 0 Å². The van der Waals surface area contributed by atoms with Gasteiger partial charge < -0.3 is 28.1 Å². The molecule has 6 fully saturated rings. The quantitative estimate of drug-likeness (QED) is 0.321. The molecule has 4 saturated heterocycles. The van der Waals surface area contributed by atoms with Gasteiger partial charge in [0, 0.05) is 28.7 Å².